The van der Waals surface area contributed by atoms with Gasteiger partial charge in [-0.15, -0.1) is 23.1 Å². The fourth-order valence-electron chi connectivity index (χ4n) is 2.42. The minimum atomic E-state index is -0.473. The van der Waals surface area contributed by atoms with Gasteiger partial charge in [-0.1, -0.05) is 6.07 Å². The van der Waals surface area contributed by atoms with Crippen LogP contribution in [0.2, 0.25) is 0 Å². The van der Waals surface area contributed by atoms with Gasteiger partial charge in [0.15, 0.2) is 5.79 Å². The maximum Gasteiger partial charge on any atom is 0.230 e. The van der Waals surface area contributed by atoms with E-state index in [-0.39, 0.29) is 12.0 Å². The van der Waals surface area contributed by atoms with Crippen molar-refractivity contribution in [2.24, 2.45) is 0 Å². The second-order valence-electron chi connectivity index (χ2n) is 5.10. The number of carbonyl (C=O) groups excluding carboxylic acids is 1. The van der Waals surface area contributed by atoms with E-state index < -0.39 is 5.79 Å². The lowest BCUT2D eigenvalue weighted by Crippen LogP contribution is -2.40. The molecule has 0 unspecified atom stereocenters. The summed E-state index contributed by atoms with van der Waals surface area (Å²) < 4.78 is 18.2. The van der Waals surface area contributed by atoms with Crippen molar-refractivity contribution in [1.29, 1.82) is 0 Å². The summed E-state index contributed by atoms with van der Waals surface area (Å²) in [5.41, 5.74) is 0. The van der Waals surface area contributed by atoms with Gasteiger partial charge in [0.05, 0.1) is 29.8 Å². The summed E-state index contributed by atoms with van der Waals surface area (Å²) in [5.74, 6) is -0.00294. The van der Waals surface area contributed by atoms with Crippen molar-refractivity contribution in [3.05, 3.63) is 17.5 Å². The van der Waals surface area contributed by atoms with E-state index >= 15 is 0 Å². The van der Waals surface area contributed by atoms with Crippen molar-refractivity contribution >= 4 is 29.0 Å². The highest BCUT2D eigenvalue weighted by Gasteiger charge is 2.42. The van der Waals surface area contributed by atoms with Crippen LogP contribution in [0.25, 0.3) is 0 Å². The average Bonchev–Trinajstić information content (AvgIpc) is 3.14. The Morgan fingerprint density at radius 2 is 2.33 bits per heavy atom. The first-order chi connectivity index (χ1) is 10.3. The smallest absolute Gasteiger partial charge is 0.230 e. The average molecular weight is 329 g/mol. The van der Waals surface area contributed by atoms with Crippen LogP contribution in [0.5, 0.6) is 0 Å². The molecule has 2 saturated heterocycles. The topological polar surface area (TPSA) is 56.8 Å². The Labute approximate surface area is 132 Å². The third-order valence-corrected chi connectivity index (χ3v) is 5.67. The number of amides is 1. The molecule has 1 aromatic rings. The van der Waals surface area contributed by atoms with E-state index in [1.165, 1.54) is 0 Å². The van der Waals surface area contributed by atoms with Crippen LogP contribution in [0.4, 0.5) is 0 Å². The maximum atomic E-state index is 11.8. The number of hydrogen-bond donors (Lipinski definition) is 1. The molecule has 1 amide bonds. The number of carbonyl (C=O) groups is 1. The van der Waals surface area contributed by atoms with Crippen molar-refractivity contribution in [3.63, 3.8) is 0 Å². The highest BCUT2D eigenvalue weighted by molar-refractivity contribution is 8.01. The summed E-state index contributed by atoms with van der Waals surface area (Å²) in [6.45, 7) is 2.40. The quantitative estimate of drug-likeness (QED) is 0.836. The van der Waals surface area contributed by atoms with Crippen molar-refractivity contribution in [3.8, 4) is 0 Å². The number of thiophene rings is 1. The zero-order valence-corrected chi connectivity index (χ0v) is 13.3. The van der Waals surface area contributed by atoms with Crippen LogP contribution in [0.1, 0.15) is 12.8 Å². The summed E-state index contributed by atoms with van der Waals surface area (Å²) in [7, 11) is 0. The molecule has 1 aromatic heterocycles. The van der Waals surface area contributed by atoms with E-state index in [0.29, 0.717) is 32.1 Å². The maximum absolute atomic E-state index is 11.8. The molecule has 0 aromatic carbocycles. The Balaban J connectivity index is 1.36. The number of hydrogen-bond acceptors (Lipinski definition) is 6. The van der Waals surface area contributed by atoms with Gasteiger partial charge >= 0.3 is 0 Å². The normalized spacial score (nSPS) is 24.3. The van der Waals surface area contributed by atoms with Crippen LogP contribution in [0, 0.1) is 0 Å². The first-order valence-corrected chi connectivity index (χ1v) is 8.95. The van der Waals surface area contributed by atoms with Crippen molar-refractivity contribution in [1.82, 2.24) is 5.32 Å². The lowest BCUT2D eigenvalue weighted by Gasteiger charge is -2.31. The van der Waals surface area contributed by atoms with E-state index in [0.717, 1.165) is 17.1 Å². The molecule has 5 nitrogen and oxygen atoms in total. The van der Waals surface area contributed by atoms with Crippen LogP contribution in [-0.4, -0.2) is 49.9 Å². The third kappa shape index (κ3) is 4.20. The molecular weight excluding hydrogens is 310 g/mol. The standard InChI is InChI=1S/C14H19NO4S2/c16-12(10-21-13-2-1-7-20-13)15-8-11-9-18-14(19-11)3-5-17-6-4-14/h1-2,7,11H,3-6,8-10H2,(H,15,16)/t11-/m1/s1. The SMILES string of the molecule is O=C(CSc1cccs1)NC[C@@H]1COC2(CCOCC2)O1. The summed E-state index contributed by atoms with van der Waals surface area (Å²) in [5, 5.41) is 4.93. The Morgan fingerprint density at radius 3 is 3.10 bits per heavy atom. The molecular formula is C14H19NO4S2. The van der Waals surface area contributed by atoms with Gasteiger partial charge in [0.1, 0.15) is 6.10 Å². The Hall–Kier alpha value is -0.600. The summed E-state index contributed by atoms with van der Waals surface area (Å²) in [6, 6.07) is 4.01. The van der Waals surface area contributed by atoms with E-state index in [1.807, 2.05) is 17.5 Å². The number of ether oxygens (including phenoxy) is 3. The van der Waals surface area contributed by atoms with Crippen molar-refractivity contribution < 1.29 is 19.0 Å². The number of nitrogens with one attached hydrogen (secondary N) is 1. The number of rotatable bonds is 5. The molecule has 116 valence electrons. The van der Waals surface area contributed by atoms with Gasteiger partial charge in [-0.2, -0.15) is 0 Å². The van der Waals surface area contributed by atoms with E-state index in [2.05, 4.69) is 5.32 Å². The lowest BCUT2D eigenvalue weighted by molar-refractivity contribution is -0.210. The zero-order chi connectivity index (χ0) is 14.5. The van der Waals surface area contributed by atoms with Crippen LogP contribution in [0.3, 0.4) is 0 Å². The molecule has 1 atom stereocenters. The lowest BCUT2D eigenvalue weighted by atomic mass is 10.1. The van der Waals surface area contributed by atoms with Crippen LogP contribution < -0.4 is 5.32 Å². The van der Waals surface area contributed by atoms with E-state index in [1.54, 1.807) is 23.1 Å². The first kappa shape index (κ1) is 15.3. The van der Waals surface area contributed by atoms with Gasteiger partial charge in [-0.25, -0.2) is 0 Å². The number of thioether (sulfide) groups is 1. The largest absolute Gasteiger partial charge is 0.381 e. The minimum absolute atomic E-state index is 0.0323. The van der Waals surface area contributed by atoms with Gasteiger partial charge in [-0.05, 0) is 11.4 Å². The second-order valence-corrected chi connectivity index (χ2v) is 7.32. The van der Waals surface area contributed by atoms with Crippen molar-refractivity contribution in [2.45, 2.75) is 28.9 Å². The van der Waals surface area contributed by atoms with Crippen LogP contribution in [0.15, 0.2) is 21.7 Å². The van der Waals surface area contributed by atoms with Crippen LogP contribution >= 0.6 is 23.1 Å². The molecule has 1 N–H and O–H groups in total. The summed E-state index contributed by atoms with van der Waals surface area (Å²) >= 11 is 3.21. The Bertz CT molecular complexity index is 460. The molecule has 0 aliphatic carbocycles. The van der Waals surface area contributed by atoms with Crippen molar-refractivity contribution in [2.75, 3.05) is 32.1 Å². The first-order valence-electron chi connectivity index (χ1n) is 7.08. The molecule has 0 saturated carbocycles. The monoisotopic (exact) mass is 329 g/mol. The summed E-state index contributed by atoms with van der Waals surface area (Å²) in [4.78, 5) is 11.8. The highest BCUT2D eigenvalue weighted by atomic mass is 32.2. The zero-order valence-electron chi connectivity index (χ0n) is 11.7. The predicted octanol–water partition coefficient (Wildman–Crippen LogP) is 1.88. The van der Waals surface area contributed by atoms with Gasteiger partial charge in [0.25, 0.3) is 0 Å². The van der Waals surface area contributed by atoms with Gasteiger partial charge in [-0.3, -0.25) is 4.79 Å². The van der Waals surface area contributed by atoms with Gasteiger partial charge in [0.2, 0.25) is 5.91 Å². The molecule has 2 aliphatic heterocycles. The molecule has 0 radical (unpaired) electrons. The second kappa shape index (κ2) is 7.11. The Kier molecular flexibility index (Phi) is 5.18. The summed E-state index contributed by atoms with van der Waals surface area (Å²) in [6.07, 6.45) is 1.48. The molecule has 1 spiro atoms. The minimum Gasteiger partial charge on any atom is -0.381 e. The third-order valence-electron chi connectivity index (χ3n) is 3.54. The molecule has 2 aliphatic rings. The van der Waals surface area contributed by atoms with Gasteiger partial charge in [0, 0.05) is 19.4 Å². The molecule has 0 bridgehead atoms. The van der Waals surface area contributed by atoms with E-state index in [9.17, 15) is 4.79 Å². The molecule has 3 rings (SSSR count). The fourth-order valence-corrected chi connectivity index (χ4v) is 4.04. The van der Waals surface area contributed by atoms with Gasteiger partial charge < -0.3 is 19.5 Å². The molecule has 21 heavy (non-hydrogen) atoms. The molecule has 7 heteroatoms. The highest BCUT2D eigenvalue weighted by Crippen LogP contribution is 2.33. The predicted molar refractivity (Wildman–Crippen MR) is 81.7 cm³/mol. The molecule has 3 heterocycles. The molecule has 2 fully saturated rings. The fraction of sp³-hybridized carbons (Fsp3) is 0.643. The van der Waals surface area contributed by atoms with Crippen LogP contribution in [-0.2, 0) is 19.0 Å². The Morgan fingerprint density at radius 1 is 1.48 bits per heavy atom. The van der Waals surface area contributed by atoms with E-state index in [4.69, 9.17) is 14.2 Å².